The van der Waals surface area contributed by atoms with E-state index in [1.165, 1.54) is 0 Å². The Balaban J connectivity index is 1.57. The Kier molecular flexibility index (Phi) is 4.58. The molecule has 5 heteroatoms. The molecule has 0 radical (unpaired) electrons. The molecule has 112 valence electrons. The van der Waals surface area contributed by atoms with E-state index < -0.39 is 0 Å². The number of para-hydroxylation sites is 1. The molecule has 0 amide bonds. The van der Waals surface area contributed by atoms with Crippen LogP contribution in [0.25, 0.3) is 11.0 Å². The van der Waals surface area contributed by atoms with Crippen LogP contribution in [0.3, 0.4) is 0 Å². The number of ketones is 1. The number of fused-ring (bicyclic) bond motifs is 1. The Morgan fingerprint density at radius 1 is 1.38 bits per heavy atom. The second-order valence-corrected chi connectivity index (χ2v) is 5.67. The first-order valence-electron chi connectivity index (χ1n) is 7.27. The molecule has 1 aliphatic heterocycles. The zero-order valence-corrected chi connectivity index (χ0v) is 12.5. The number of Topliss-reactive ketones (excluding diaryl/α,β-unsaturated/α-hetero) is 1. The number of piperidine rings is 1. The molecular weight excluding hydrogens is 290 g/mol. The van der Waals surface area contributed by atoms with Crippen molar-refractivity contribution in [3.05, 3.63) is 35.0 Å². The third-order valence-corrected chi connectivity index (χ3v) is 4.04. The van der Waals surface area contributed by atoms with Crippen LogP contribution >= 0.6 is 11.6 Å². The third kappa shape index (κ3) is 3.46. The van der Waals surface area contributed by atoms with Crippen molar-refractivity contribution < 1.29 is 13.9 Å². The second kappa shape index (κ2) is 6.60. The van der Waals surface area contributed by atoms with E-state index >= 15 is 0 Å². The van der Waals surface area contributed by atoms with Crippen molar-refractivity contribution in [2.45, 2.75) is 25.4 Å². The Morgan fingerprint density at radius 3 is 2.95 bits per heavy atom. The molecule has 0 bridgehead atoms. The fourth-order valence-corrected chi connectivity index (χ4v) is 2.79. The van der Waals surface area contributed by atoms with Crippen LogP contribution in [0.1, 0.15) is 29.8 Å². The molecule has 0 atom stereocenters. The minimum Gasteiger partial charge on any atom is -0.451 e. The van der Waals surface area contributed by atoms with Crippen LogP contribution in [0.2, 0.25) is 5.02 Å². The first kappa shape index (κ1) is 14.6. The molecule has 0 aliphatic carbocycles. The molecule has 0 spiro atoms. The summed E-state index contributed by atoms with van der Waals surface area (Å²) in [5, 5.41) is 4.66. The third-order valence-electron chi connectivity index (χ3n) is 3.74. The molecule has 4 nitrogen and oxygen atoms in total. The minimum absolute atomic E-state index is 0.0452. The summed E-state index contributed by atoms with van der Waals surface area (Å²) in [4.78, 5) is 12.1. The van der Waals surface area contributed by atoms with E-state index in [1.54, 1.807) is 12.1 Å². The van der Waals surface area contributed by atoms with E-state index in [9.17, 15) is 4.79 Å². The largest absolute Gasteiger partial charge is 0.451 e. The number of furan rings is 1. The maximum atomic E-state index is 12.1. The minimum atomic E-state index is -0.0452. The number of carbonyl (C=O) groups is 1. The molecule has 21 heavy (non-hydrogen) atoms. The zero-order valence-electron chi connectivity index (χ0n) is 11.7. The maximum absolute atomic E-state index is 12.1. The number of benzene rings is 1. The van der Waals surface area contributed by atoms with Gasteiger partial charge in [-0.1, -0.05) is 23.7 Å². The fourth-order valence-electron chi connectivity index (χ4n) is 2.57. The van der Waals surface area contributed by atoms with Crippen molar-refractivity contribution in [1.29, 1.82) is 0 Å². The number of halogens is 1. The summed E-state index contributed by atoms with van der Waals surface area (Å²) in [5.74, 6) is 0.309. The van der Waals surface area contributed by atoms with E-state index in [4.69, 9.17) is 20.8 Å². The SMILES string of the molecule is O=C(CCOC1CCNCC1)c1cc2cccc(Cl)c2o1. The van der Waals surface area contributed by atoms with Crippen molar-refractivity contribution in [3.63, 3.8) is 0 Å². The van der Waals surface area contributed by atoms with Gasteiger partial charge in [-0.2, -0.15) is 0 Å². The number of hydrogen-bond acceptors (Lipinski definition) is 4. The Bertz CT molecular complexity index is 631. The van der Waals surface area contributed by atoms with E-state index in [1.807, 2.05) is 12.1 Å². The van der Waals surface area contributed by atoms with Gasteiger partial charge in [0.15, 0.2) is 17.1 Å². The van der Waals surface area contributed by atoms with Crippen LogP contribution in [0.15, 0.2) is 28.7 Å². The average Bonchev–Trinajstić information content (AvgIpc) is 2.94. The Morgan fingerprint density at radius 2 is 2.19 bits per heavy atom. The van der Waals surface area contributed by atoms with E-state index in [2.05, 4.69) is 5.32 Å². The van der Waals surface area contributed by atoms with E-state index in [0.29, 0.717) is 29.4 Å². The highest BCUT2D eigenvalue weighted by molar-refractivity contribution is 6.34. The van der Waals surface area contributed by atoms with Crippen LogP contribution in [0.4, 0.5) is 0 Å². The lowest BCUT2D eigenvalue weighted by Crippen LogP contribution is -2.32. The standard InChI is InChI=1S/C16H18ClNO3/c17-13-3-1-2-11-10-15(21-16(11)13)14(19)6-9-20-12-4-7-18-8-5-12/h1-3,10,12,18H,4-9H2. The fraction of sp³-hybridized carbons (Fsp3) is 0.438. The highest BCUT2D eigenvalue weighted by Crippen LogP contribution is 2.27. The number of ether oxygens (including phenoxy) is 1. The summed E-state index contributed by atoms with van der Waals surface area (Å²) in [7, 11) is 0. The monoisotopic (exact) mass is 307 g/mol. The van der Waals surface area contributed by atoms with Crippen LogP contribution in [0.5, 0.6) is 0 Å². The van der Waals surface area contributed by atoms with Crippen LogP contribution in [-0.2, 0) is 4.74 Å². The molecule has 0 saturated carbocycles. The highest BCUT2D eigenvalue weighted by Gasteiger charge is 2.16. The quantitative estimate of drug-likeness (QED) is 0.860. The summed E-state index contributed by atoms with van der Waals surface area (Å²) in [6, 6.07) is 7.22. The summed E-state index contributed by atoms with van der Waals surface area (Å²) in [5.41, 5.74) is 0.571. The Labute approximate surface area is 128 Å². The van der Waals surface area contributed by atoms with Crippen LogP contribution in [0, 0.1) is 0 Å². The number of hydrogen-bond donors (Lipinski definition) is 1. The van der Waals surface area contributed by atoms with Gasteiger partial charge in [-0.25, -0.2) is 0 Å². The number of nitrogens with one attached hydrogen (secondary N) is 1. The normalized spacial score (nSPS) is 16.4. The van der Waals surface area contributed by atoms with Gasteiger partial charge >= 0.3 is 0 Å². The van der Waals surface area contributed by atoms with Crippen molar-refractivity contribution >= 4 is 28.4 Å². The van der Waals surface area contributed by atoms with Crippen LogP contribution < -0.4 is 5.32 Å². The molecule has 2 aromatic rings. The molecule has 1 aliphatic rings. The van der Waals surface area contributed by atoms with Gasteiger partial charge in [-0.15, -0.1) is 0 Å². The number of rotatable bonds is 5. The first-order valence-corrected chi connectivity index (χ1v) is 7.65. The van der Waals surface area contributed by atoms with E-state index in [-0.39, 0.29) is 11.9 Å². The van der Waals surface area contributed by atoms with Gasteiger partial charge in [0.1, 0.15) is 0 Å². The zero-order chi connectivity index (χ0) is 14.7. The predicted molar refractivity (Wildman–Crippen MR) is 82.0 cm³/mol. The lowest BCUT2D eigenvalue weighted by atomic mass is 10.1. The van der Waals surface area contributed by atoms with Crippen molar-refractivity contribution in [3.8, 4) is 0 Å². The summed E-state index contributed by atoms with van der Waals surface area (Å²) in [6.07, 6.45) is 2.62. The summed E-state index contributed by atoms with van der Waals surface area (Å²) >= 11 is 6.05. The smallest absolute Gasteiger partial charge is 0.200 e. The molecule has 1 N–H and O–H groups in total. The van der Waals surface area contributed by atoms with Gasteiger partial charge in [0, 0.05) is 11.8 Å². The lowest BCUT2D eigenvalue weighted by Gasteiger charge is -2.22. The highest BCUT2D eigenvalue weighted by atomic mass is 35.5. The average molecular weight is 308 g/mol. The van der Waals surface area contributed by atoms with Crippen molar-refractivity contribution in [2.24, 2.45) is 0 Å². The van der Waals surface area contributed by atoms with Crippen LogP contribution in [-0.4, -0.2) is 31.6 Å². The lowest BCUT2D eigenvalue weighted by molar-refractivity contribution is 0.0309. The van der Waals surface area contributed by atoms with Gasteiger partial charge < -0.3 is 14.5 Å². The summed E-state index contributed by atoms with van der Waals surface area (Å²) < 4.78 is 11.3. The molecule has 2 heterocycles. The molecular formula is C16H18ClNO3. The molecule has 1 aromatic carbocycles. The maximum Gasteiger partial charge on any atom is 0.200 e. The first-order chi connectivity index (χ1) is 10.2. The van der Waals surface area contributed by atoms with Gasteiger partial charge in [-0.3, -0.25) is 4.79 Å². The van der Waals surface area contributed by atoms with Gasteiger partial charge in [0.25, 0.3) is 0 Å². The van der Waals surface area contributed by atoms with Crippen molar-refractivity contribution in [2.75, 3.05) is 19.7 Å². The number of carbonyl (C=O) groups excluding carboxylic acids is 1. The predicted octanol–water partition coefficient (Wildman–Crippen LogP) is 3.43. The Hall–Kier alpha value is -1.36. The summed E-state index contributed by atoms with van der Waals surface area (Å²) in [6.45, 7) is 2.41. The topological polar surface area (TPSA) is 51.5 Å². The van der Waals surface area contributed by atoms with Gasteiger partial charge in [-0.05, 0) is 38.1 Å². The molecule has 1 aromatic heterocycles. The molecule has 1 saturated heterocycles. The van der Waals surface area contributed by atoms with Crippen molar-refractivity contribution in [1.82, 2.24) is 5.32 Å². The second-order valence-electron chi connectivity index (χ2n) is 5.26. The van der Waals surface area contributed by atoms with E-state index in [0.717, 1.165) is 31.3 Å². The van der Waals surface area contributed by atoms with Gasteiger partial charge in [0.05, 0.1) is 17.7 Å². The molecule has 3 rings (SSSR count). The van der Waals surface area contributed by atoms with Gasteiger partial charge in [0.2, 0.25) is 0 Å². The molecule has 0 unspecified atom stereocenters. The molecule has 1 fully saturated rings.